The first-order valence-corrected chi connectivity index (χ1v) is 8.18. The van der Waals surface area contributed by atoms with Crippen LogP contribution in [-0.2, 0) is 0 Å². The van der Waals surface area contributed by atoms with Gasteiger partial charge in [-0.05, 0) is 50.4 Å². The van der Waals surface area contributed by atoms with E-state index in [1.165, 1.54) is 64.2 Å². The summed E-state index contributed by atoms with van der Waals surface area (Å²) in [7, 11) is 0. The van der Waals surface area contributed by atoms with Gasteiger partial charge in [0.25, 0.3) is 0 Å². The summed E-state index contributed by atoms with van der Waals surface area (Å²) in [6.45, 7) is 0. The summed E-state index contributed by atoms with van der Waals surface area (Å²) >= 11 is 0. The summed E-state index contributed by atoms with van der Waals surface area (Å²) in [5.74, 6) is 2.22. The van der Waals surface area contributed by atoms with Gasteiger partial charge in [0.05, 0.1) is 0 Å². The summed E-state index contributed by atoms with van der Waals surface area (Å²) in [5.41, 5.74) is 0. The van der Waals surface area contributed by atoms with Crippen molar-refractivity contribution in [3.63, 3.8) is 0 Å². The quantitative estimate of drug-likeness (QED) is 0.720. The molecule has 1 nitrogen and oxygen atoms in total. The highest BCUT2D eigenvalue weighted by Gasteiger charge is 2.35. The van der Waals surface area contributed by atoms with Crippen molar-refractivity contribution in [2.45, 2.75) is 89.1 Å². The van der Waals surface area contributed by atoms with E-state index in [9.17, 15) is 0 Å². The number of hydrogen-bond acceptors (Lipinski definition) is 1. The maximum atomic E-state index is 4.01. The van der Waals surface area contributed by atoms with Crippen LogP contribution in [-0.4, -0.2) is 12.1 Å². The molecule has 0 spiro atoms. The van der Waals surface area contributed by atoms with Crippen LogP contribution in [0.4, 0.5) is 0 Å². The monoisotopic (exact) mass is 235 g/mol. The Morgan fingerprint density at radius 3 is 1.94 bits per heavy atom. The van der Waals surface area contributed by atoms with Crippen LogP contribution in [0.15, 0.2) is 0 Å². The molecule has 0 aromatic heterocycles. The van der Waals surface area contributed by atoms with Gasteiger partial charge in [0.15, 0.2) is 0 Å². The van der Waals surface area contributed by atoms with Crippen molar-refractivity contribution in [1.82, 2.24) is 5.32 Å². The van der Waals surface area contributed by atoms with E-state index in [-0.39, 0.29) is 0 Å². The lowest BCUT2D eigenvalue weighted by atomic mass is 9.82. The van der Waals surface area contributed by atoms with Gasteiger partial charge in [0, 0.05) is 12.1 Å². The Kier molecular flexibility index (Phi) is 4.05. The molecule has 17 heavy (non-hydrogen) atoms. The maximum Gasteiger partial charge on any atom is 0.00723 e. The lowest BCUT2D eigenvalue weighted by Crippen LogP contribution is -2.41. The van der Waals surface area contributed by atoms with E-state index in [0.717, 1.165) is 23.9 Å². The highest BCUT2D eigenvalue weighted by molar-refractivity contribution is 4.89. The summed E-state index contributed by atoms with van der Waals surface area (Å²) in [6, 6.07) is 1.73. The smallest absolute Gasteiger partial charge is 0.00723 e. The molecule has 98 valence electrons. The average molecular weight is 235 g/mol. The van der Waals surface area contributed by atoms with Crippen molar-refractivity contribution in [3.8, 4) is 0 Å². The fraction of sp³-hybridized carbons (Fsp3) is 1.00. The molecule has 0 aromatic carbocycles. The van der Waals surface area contributed by atoms with E-state index in [1.54, 1.807) is 12.8 Å². The van der Waals surface area contributed by atoms with Gasteiger partial charge in [0.2, 0.25) is 0 Å². The molecule has 3 rings (SSSR count). The average Bonchev–Trinajstić information content (AvgIpc) is 3.17. The van der Waals surface area contributed by atoms with Crippen LogP contribution in [0, 0.1) is 11.8 Å². The lowest BCUT2D eigenvalue weighted by molar-refractivity contribution is 0.240. The molecule has 0 aliphatic heterocycles. The van der Waals surface area contributed by atoms with Gasteiger partial charge in [-0.25, -0.2) is 0 Å². The van der Waals surface area contributed by atoms with Gasteiger partial charge in [0.1, 0.15) is 0 Å². The van der Waals surface area contributed by atoms with Crippen molar-refractivity contribution in [2.75, 3.05) is 0 Å². The van der Waals surface area contributed by atoms with Gasteiger partial charge >= 0.3 is 0 Å². The van der Waals surface area contributed by atoms with Crippen LogP contribution < -0.4 is 5.32 Å². The van der Waals surface area contributed by atoms with Crippen molar-refractivity contribution in [1.29, 1.82) is 0 Å². The number of rotatable bonds is 3. The van der Waals surface area contributed by atoms with Crippen molar-refractivity contribution >= 4 is 0 Å². The first kappa shape index (κ1) is 12.0. The van der Waals surface area contributed by atoms with E-state index < -0.39 is 0 Å². The van der Waals surface area contributed by atoms with E-state index >= 15 is 0 Å². The highest BCUT2D eigenvalue weighted by Crippen LogP contribution is 2.44. The van der Waals surface area contributed by atoms with Gasteiger partial charge in [-0.2, -0.15) is 0 Å². The SMILES string of the molecule is C1CCCC(NC2CCCC(C3CC3)C2)CC1. The minimum atomic E-state index is 0.862. The van der Waals surface area contributed by atoms with Crippen molar-refractivity contribution in [2.24, 2.45) is 11.8 Å². The molecule has 0 bridgehead atoms. The third-order valence-corrected chi connectivity index (χ3v) is 5.33. The van der Waals surface area contributed by atoms with E-state index in [1.807, 2.05) is 0 Å². The zero-order valence-corrected chi connectivity index (χ0v) is 11.3. The zero-order valence-electron chi connectivity index (χ0n) is 11.3. The van der Waals surface area contributed by atoms with Gasteiger partial charge in [-0.15, -0.1) is 0 Å². The predicted molar refractivity (Wildman–Crippen MR) is 73.1 cm³/mol. The third kappa shape index (κ3) is 3.47. The van der Waals surface area contributed by atoms with Gasteiger partial charge in [-0.1, -0.05) is 38.5 Å². The molecule has 3 aliphatic rings. The summed E-state index contributed by atoms with van der Waals surface area (Å²) in [6.07, 6.45) is 17.9. The van der Waals surface area contributed by atoms with Crippen LogP contribution in [0.25, 0.3) is 0 Å². The molecule has 0 heterocycles. The molecule has 0 aromatic rings. The Balaban J connectivity index is 1.46. The van der Waals surface area contributed by atoms with Crippen LogP contribution in [0.5, 0.6) is 0 Å². The molecule has 0 saturated heterocycles. The third-order valence-electron chi connectivity index (χ3n) is 5.33. The molecular weight excluding hydrogens is 206 g/mol. The van der Waals surface area contributed by atoms with Crippen LogP contribution in [0.2, 0.25) is 0 Å². The Hall–Kier alpha value is -0.0400. The molecule has 1 N–H and O–H groups in total. The normalized spacial score (nSPS) is 36.7. The molecule has 0 amide bonds. The Morgan fingerprint density at radius 1 is 0.529 bits per heavy atom. The number of hydrogen-bond donors (Lipinski definition) is 1. The maximum absolute atomic E-state index is 4.01. The molecule has 0 radical (unpaired) electrons. The minimum Gasteiger partial charge on any atom is -0.311 e. The summed E-state index contributed by atoms with van der Waals surface area (Å²) in [4.78, 5) is 0. The Bertz CT molecular complexity index is 226. The molecule has 3 aliphatic carbocycles. The number of nitrogens with one attached hydrogen (secondary N) is 1. The predicted octanol–water partition coefficient (Wildman–Crippen LogP) is 4.27. The Morgan fingerprint density at radius 2 is 1.24 bits per heavy atom. The topological polar surface area (TPSA) is 12.0 Å². The fourth-order valence-electron chi connectivity index (χ4n) is 4.15. The highest BCUT2D eigenvalue weighted by atomic mass is 15.0. The summed E-state index contributed by atoms with van der Waals surface area (Å²) < 4.78 is 0. The molecule has 1 heteroatoms. The van der Waals surface area contributed by atoms with Crippen LogP contribution >= 0.6 is 0 Å². The fourth-order valence-corrected chi connectivity index (χ4v) is 4.15. The van der Waals surface area contributed by atoms with Crippen molar-refractivity contribution in [3.05, 3.63) is 0 Å². The summed E-state index contributed by atoms with van der Waals surface area (Å²) in [5, 5.41) is 4.01. The first-order chi connectivity index (χ1) is 8.42. The second-order valence-electron chi connectivity index (χ2n) is 6.82. The second kappa shape index (κ2) is 5.73. The van der Waals surface area contributed by atoms with Crippen LogP contribution in [0.3, 0.4) is 0 Å². The van der Waals surface area contributed by atoms with Crippen LogP contribution in [0.1, 0.15) is 77.0 Å². The molecule has 2 atom stereocenters. The second-order valence-corrected chi connectivity index (χ2v) is 6.82. The van der Waals surface area contributed by atoms with Gasteiger partial charge < -0.3 is 5.32 Å². The Labute approximate surface area is 107 Å². The van der Waals surface area contributed by atoms with Crippen molar-refractivity contribution < 1.29 is 0 Å². The van der Waals surface area contributed by atoms with E-state index in [2.05, 4.69) is 5.32 Å². The molecule has 3 fully saturated rings. The minimum absolute atomic E-state index is 0.862. The lowest BCUT2D eigenvalue weighted by Gasteiger charge is -2.33. The van der Waals surface area contributed by atoms with E-state index in [4.69, 9.17) is 0 Å². The molecule has 3 saturated carbocycles. The zero-order chi connectivity index (χ0) is 11.5. The molecular formula is C16H29N. The first-order valence-electron chi connectivity index (χ1n) is 8.18. The van der Waals surface area contributed by atoms with E-state index in [0.29, 0.717) is 0 Å². The standard InChI is InChI=1S/C16H29N/c1-2-4-8-15(7-3-1)17-16-9-5-6-14(12-16)13-10-11-13/h13-17H,1-12H2. The van der Waals surface area contributed by atoms with Gasteiger partial charge in [-0.3, -0.25) is 0 Å². The molecule has 2 unspecified atom stereocenters. The largest absolute Gasteiger partial charge is 0.311 e.